The SMILES string of the molecule is CC(c1ccccc1)c1ccc(-c2cnn3c(=O)[nH]cnc23)cc1. The molecule has 2 heterocycles. The van der Waals surface area contributed by atoms with Crippen molar-refractivity contribution >= 4 is 5.65 Å². The zero-order valence-corrected chi connectivity index (χ0v) is 13.2. The minimum absolute atomic E-state index is 0.291. The van der Waals surface area contributed by atoms with Gasteiger partial charge in [-0.25, -0.2) is 9.78 Å². The Morgan fingerprint density at radius 3 is 2.46 bits per heavy atom. The van der Waals surface area contributed by atoms with Crippen molar-refractivity contribution in [3.63, 3.8) is 0 Å². The van der Waals surface area contributed by atoms with Gasteiger partial charge in [-0.05, 0) is 16.7 Å². The largest absolute Gasteiger partial charge is 0.349 e. The highest BCUT2D eigenvalue weighted by Crippen LogP contribution is 2.27. The molecule has 1 atom stereocenters. The number of nitrogens with one attached hydrogen (secondary N) is 1. The maximum atomic E-state index is 11.7. The molecular formula is C19H16N4O. The minimum Gasteiger partial charge on any atom is -0.296 e. The van der Waals surface area contributed by atoms with Crippen molar-refractivity contribution in [2.75, 3.05) is 0 Å². The third-order valence-electron chi connectivity index (χ3n) is 4.33. The van der Waals surface area contributed by atoms with Gasteiger partial charge < -0.3 is 0 Å². The summed E-state index contributed by atoms with van der Waals surface area (Å²) in [6, 6.07) is 18.8. The van der Waals surface area contributed by atoms with E-state index in [1.165, 1.54) is 22.0 Å². The number of benzene rings is 2. The van der Waals surface area contributed by atoms with Crippen molar-refractivity contribution in [3.8, 4) is 11.1 Å². The Kier molecular flexibility index (Phi) is 3.46. The molecule has 0 fully saturated rings. The third-order valence-corrected chi connectivity index (χ3v) is 4.33. The topological polar surface area (TPSA) is 63.1 Å². The van der Waals surface area contributed by atoms with Gasteiger partial charge in [0.25, 0.3) is 0 Å². The highest BCUT2D eigenvalue weighted by molar-refractivity contribution is 5.76. The van der Waals surface area contributed by atoms with Crippen LogP contribution in [0, 0.1) is 0 Å². The first-order valence-corrected chi connectivity index (χ1v) is 7.81. The molecule has 0 saturated heterocycles. The molecular weight excluding hydrogens is 300 g/mol. The highest BCUT2D eigenvalue weighted by atomic mass is 16.1. The molecule has 0 aliphatic heterocycles. The van der Waals surface area contributed by atoms with Crippen LogP contribution in [-0.2, 0) is 0 Å². The third kappa shape index (κ3) is 2.40. The summed E-state index contributed by atoms with van der Waals surface area (Å²) in [6.45, 7) is 2.20. The van der Waals surface area contributed by atoms with Gasteiger partial charge >= 0.3 is 5.69 Å². The van der Waals surface area contributed by atoms with Crippen molar-refractivity contribution in [1.82, 2.24) is 19.6 Å². The molecule has 0 aliphatic carbocycles. The summed E-state index contributed by atoms with van der Waals surface area (Å²) in [4.78, 5) is 18.5. The first-order chi connectivity index (χ1) is 11.7. The van der Waals surface area contributed by atoms with Gasteiger partial charge in [0.15, 0.2) is 5.65 Å². The number of aromatic amines is 1. The Balaban J connectivity index is 1.71. The molecule has 0 radical (unpaired) electrons. The highest BCUT2D eigenvalue weighted by Gasteiger charge is 2.11. The predicted octanol–water partition coefficient (Wildman–Crippen LogP) is 3.24. The van der Waals surface area contributed by atoms with Crippen molar-refractivity contribution < 1.29 is 0 Å². The van der Waals surface area contributed by atoms with E-state index in [1.807, 2.05) is 6.07 Å². The van der Waals surface area contributed by atoms with Gasteiger partial charge in [-0.15, -0.1) is 0 Å². The Labute approximate surface area is 138 Å². The number of hydrogen-bond acceptors (Lipinski definition) is 3. The lowest BCUT2D eigenvalue weighted by atomic mass is 9.92. The fraction of sp³-hybridized carbons (Fsp3) is 0.105. The van der Waals surface area contributed by atoms with E-state index in [2.05, 4.69) is 70.5 Å². The summed E-state index contributed by atoms with van der Waals surface area (Å²) < 4.78 is 1.27. The second-order valence-corrected chi connectivity index (χ2v) is 5.76. The van der Waals surface area contributed by atoms with E-state index in [4.69, 9.17) is 0 Å². The Morgan fingerprint density at radius 1 is 1.00 bits per heavy atom. The van der Waals surface area contributed by atoms with Crippen molar-refractivity contribution in [3.05, 3.63) is 88.7 Å². The molecule has 4 rings (SSSR count). The van der Waals surface area contributed by atoms with Gasteiger partial charge in [-0.1, -0.05) is 61.5 Å². The van der Waals surface area contributed by atoms with Crippen LogP contribution in [-0.4, -0.2) is 19.6 Å². The van der Waals surface area contributed by atoms with Crippen LogP contribution < -0.4 is 5.69 Å². The van der Waals surface area contributed by atoms with E-state index >= 15 is 0 Å². The summed E-state index contributed by atoms with van der Waals surface area (Å²) in [5.41, 5.74) is 4.64. The molecule has 0 saturated carbocycles. The predicted molar refractivity (Wildman–Crippen MR) is 93.0 cm³/mol. The van der Waals surface area contributed by atoms with Gasteiger partial charge in [-0.2, -0.15) is 9.61 Å². The number of rotatable bonds is 3. The molecule has 0 aliphatic rings. The minimum atomic E-state index is -0.291. The smallest absolute Gasteiger partial charge is 0.296 e. The van der Waals surface area contributed by atoms with E-state index in [0.717, 1.165) is 11.1 Å². The Bertz CT molecular complexity index is 1030. The molecule has 118 valence electrons. The molecule has 1 N–H and O–H groups in total. The van der Waals surface area contributed by atoms with E-state index in [9.17, 15) is 4.79 Å². The van der Waals surface area contributed by atoms with Gasteiger partial charge in [0, 0.05) is 11.5 Å². The van der Waals surface area contributed by atoms with Crippen LogP contribution in [0.25, 0.3) is 16.8 Å². The van der Waals surface area contributed by atoms with Gasteiger partial charge in [0.2, 0.25) is 0 Å². The van der Waals surface area contributed by atoms with E-state index in [0.29, 0.717) is 11.6 Å². The average molecular weight is 316 g/mol. The lowest BCUT2D eigenvalue weighted by molar-refractivity contribution is 0.840. The second kappa shape index (κ2) is 5.77. The number of fused-ring (bicyclic) bond motifs is 1. The molecule has 24 heavy (non-hydrogen) atoms. The van der Waals surface area contributed by atoms with Crippen LogP contribution >= 0.6 is 0 Å². The summed E-state index contributed by atoms with van der Waals surface area (Å²) >= 11 is 0. The van der Waals surface area contributed by atoms with E-state index < -0.39 is 0 Å². The van der Waals surface area contributed by atoms with Crippen molar-refractivity contribution in [2.45, 2.75) is 12.8 Å². The molecule has 4 aromatic rings. The van der Waals surface area contributed by atoms with Crippen LogP contribution in [0.3, 0.4) is 0 Å². The second-order valence-electron chi connectivity index (χ2n) is 5.76. The van der Waals surface area contributed by atoms with Crippen LogP contribution in [0.2, 0.25) is 0 Å². The first-order valence-electron chi connectivity index (χ1n) is 7.81. The van der Waals surface area contributed by atoms with Crippen LogP contribution in [0.5, 0.6) is 0 Å². The van der Waals surface area contributed by atoms with E-state index in [1.54, 1.807) is 6.20 Å². The zero-order valence-electron chi connectivity index (χ0n) is 13.2. The standard InChI is InChI=1S/C19H16N4O/c1-13(14-5-3-2-4-6-14)15-7-9-16(10-8-15)17-11-22-23-18(17)20-12-21-19(23)24/h2-13H,1H3,(H,20,21,24). The lowest BCUT2D eigenvalue weighted by Gasteiger charge is -2.12. The quantitative estimate of drug-likeness (QED) is 0.631. The molecule has 0 amide bonds. The zero-order chi connectivity index (χ0) is 16.5. The van der Waals surface area contributed by atoms with Crippen molar-refractivity contribution in [2.24, 2.45) is 0 Å². The summed E-state index contributed by atoms with van der Waals surface area (Å²) in [5, 5.41) is 4.11. The molecule has 0 spiro atoms. The van der Waals surface area contributed by atoms with E-state index in [-0.39, 0.29) is 5.69 Å². The molecule has 2 aromatic carbocycles. The Morgan fingerprint density at radius 2 is 1.71 bits per heavy atom. The van der Waals surface area contributed by atoms with Gasteiger partial charge in [0.05, 0.1) is 12.5 Å². The first kappa shape index (κ1) is 14.4. The normalized spacial score (nSPS) is 12.4. The summed E-state index contributed by atoms with van der Waals surface area (Å²) in [6.07, 6.45) is 3.07. The maximum absolute atomic E-state index is 11.7. The van der Waals surface area contributed by atoms with Crippen molar-refractivity contribution in [1.29, 1.82) is 0 Å². The van der Waals surface area contributed by atoms with Gasteiger partial charge in [0.1, 0.15) is 0 Å². The maximum Gasteiger partial charge on any atom is 0.349 e. The van der Waals surface area contributed by atoms with Crippen LogP contribution in [0.4, 0.5) is 0 Å². The number of nitrogens with zero attached hydrogens (tertiary/aromatic N) is 3. The molecule has 5 heteroatoms. The van der Waals surface area contributed by atoms with Crippen LogP contribution in [0.1, 0.15) is 24.0 Å². The Hall–Kier alpha value is -3.21. The number of H-pyrrole nitrogens is 1. The molecule has 0 bridgehead atoms. The molecule has 5 nitrogen and oxygen atoms in total. The number of aromatic nitrogens is 4. The summed E-state index contributed by atoms with van der Waals surface area (Å²) in [7, 11) is 0. The lowest BCUT2D eigenvalue weighted by Crippen LogP contribution is -2.17. The summed E-state index contributed by atoms with van der Waals surface area (Å²) in [5.74, 6) is 0.324. The van der Waals surface area contributed by atoms with Crippen LogP contribution in [0.15, 0.2) is 71.9 Å². The molecule has 2 aromatic heterocycles. The number of hydrogen-bond donors (Lipinski definition) is 1. The molecule has 1 unspecified atom stereocenters. The fourth-order valence-corrected chi connectivity index (χ4v) is 2.91. The average Bonchev–Trinajstić information content (AvgIpc) is 3.07. The van der Waals surface area contributed by atoms with Gasteiger partial charge in [-0.3, -0.25) is 4.98 Å². The monoisotopic (exact) mass is 316 g/mol. The fourth-order valence-electron chi connectivity index (χ4n) is 2.91.